The Morgan fingerprint density at radius 1 is 1.21 bits per heavy atom. The zero-order valence-corrected chi connectivity index (χ0v) is 17.6. The summed E-state index contributed by atoms with van der Waals surface area (Å²) in [5.41, 5.74) is 7.37. The van der Waals surface area contributed by atoms with Gasteiger partial charge < -0.3 is 5.73 Å². The van der Waals surface area contributed by atoms with E-state index in [1.807, 2.05) is 0 Å². The van der Waals surface area contributed by atoms with Crippen LogP contribution in [0.25, 0.3) is 21.8 Å². The molecule has 4 aromatic rings. The molecular formula is C23H20F3N5O2. The Balaban J connectivity index is 1.69. The van der Waals surface area contributed by atoms with Crippen LogP contribution in [0.4, 0.5) is 19.0 Å². The Bertz CT molecular complexity index is 1350. The number of aryl methyl sites for hydroxylation is 1. The maximum atomic E-state index is 13.3. The van der Waals surface area contributed by atoms with E-state index in [0.717, 1.165) is 22.7 Å². The third kappa shape index (κ3) is 4.37. The average molecular weight is 455 g/mol. The van der Waals surface area contributed by atoms with E-state index in [1.54, 1.807) is 36.1 Å². The van der Waals surface area contributed by atoms with Crippen LogP contribution in [0, 0.1) is 0 Å². The molecule has 0 spiro atoms. The SMILES string of the molecule is C=CCON(Cc1ccc(C(F)(F)F)cc1)C(=O)c1ccc2nc(N)c3cnn(C)c3c2c1. The van der Waals surface area contributed by atoms with Crippen molar-refractivity contribution in [1.82, 2.24) is 19.8 Å². The minimum atomic E-state index is -4.44. The van der Waals surface area contributed by atoms with E-state index in [1.165, 1.54) is 18.2 Å². The lowest BCUT2D eigenvalue weighted by atomic mass is 10.1. The Labute approximate surface area is 186 Å². The van der Waals surface area contributed by atoms with E-state index in [4.69, 9.17) is 10.6 Å². The van der Waals surface area contributed by atoms with E-state index >= 15 is 0 Å². The number of carbonyl (C=O) groups is 1. The van der Waals surface area contributed by atoms with Gasteiger partial charge in [0.2, 0.25) is 0 Å². The van der Waals surface area contributed by atoms with Gasteiger partial charge in [-0.05, 0) is 35.9 Å². The van der Waals surface area contributed by atoms with Gasteiger partial charge in [-0.1, -0.05) is 18.2 Å². The van der Waals surface area contributed by atoms with Gasteiger partial charge in [0.05, 0.1) is 41.3 Å². The maximum Gasteiger partial charge on any atom is 0.416 e. The number of anilines is 1. The van der Waals surface area contributed by atoms with E-state index in [-0.39, 0.29) is 13.2 Å². The van der Waals surface area contributed by atoms with Crippen molar-refractivity contribution in [2.24, 2.45) is 7.05 Å². The van der Waals surface area contributed by atoms with Crippen molar-refractivity contribution in [3.8, 4) is 0 Å². The molecule has 2 aromatic carbocycles. The highest BCUT2D eigenvalue weighted by Gasteiger charge is 2.30. The molecule has 7 nitrogen and oxygen atoms in total. The molecule has 0 aliphatic rings. The first-order valence-corrected chi connectivity index (χ1v) is 9.92. The second kappa shape index (κ2) is 8.55. The lowest BCUT2D eigenvalue weighted by molar-refractivity contribution is -0.137. The van der Waals surface area contributed by atoms with Crippen LogP contribution in [0.15, 0.2) is 61.3 Å². The Morgan fingerprint density at radius 2 is 1.94 bits per heavy atom. The molecule has 170 valence electrons. The number of nitrogen functional groups attached to an aromatic ring is 1. The summed E-state index contributed by atoms with van der Waals surface area (Å²) in [4.78, 5) is 23.2. The standard InChI is InChI=1S/C23H20F3N5O2/c1-3-10-33-31(13-14-4-7-16(8-5-14)23(24,25)26)22(32)15-6-9-19-17(11-15)20-18(21(27)29-19)12-28-30(20)2/h3-9,11-12H,1,10,13H2,2H3,(H2,27,29). The van der Waals surface area contributed by atoms with Crippen LogP contribution in [0.1, 0.15) is 21.5 Å². The number of benzene rings is 2. The highest BCUT2D eigenvalue weighted by atomic mass is 19.4. The third-order valence-corrected chi connectivity index (χ3v) is 5.14. The Kier molecular flexibility index (Phi) is 5.77. The summed E-state index contributed by atoms with van der Waals surface area (Å²) in [6, 6.07) is 9.50. The number of aromatic nitrogens is 3. The molecular weight excluding hydrogens is 435 g/mol. The van der Waals surface area contributed by atoms with Crippen molar-refractivity contribution < 1.29 is 22.8 Å². The number of hydrogen-bond acceptors (Lipinski definition) is 5. The van der Waals surface area contributed by atoms with Gasteiger partial charge in [0.15, 0.2) is 0 Å². The van der Waals surface area contributed by atoms with E-state index in [9.17, 15) is 18.0 Å². The number of pyridine rings is 1. The maximum absolute atomic E-state index is 13.3. The van der Waals surface area contributed by atoms with Crippen molar-refractivity contribution >= 4 is 33.5 Å². The molecule has 0 radical (unpaired) electrons. The highest BCUT2D eigenvalue weighted by Crippen LogP contribution is 2.30. The van der Waals surface area contributed by atoms with Crippen LogP contribution in [0.5, 0.6) is 0 Å². The van der Waals surface area contributed by atoms with Gasteiger partial charge in [-0.3, -0.25) is 14.3 Å². The van der Waals surface area contributed by atoms with E-state index in [0.29, 0.717) is 33.2 Å². The molecule has 0 aliphatic heterocycles. The number of rotatable bonds is 6. The summed E-state index contributed by atoms with van der Waals surface area (Å²) in [5, 5.41) is 6.67. The van der Waals surface area contributed by atoms with Crippen molar-refractivity contribution in [1.29, 1.82) is 0 Å². The molecule has 0 aliphatic carbocycles. The Morgan fingerprint density at radius 3 is 2.61 bits per heavy atom. The predicted molar refractivity (Wildman–Crippen MR) is 118 cm³/mol. The normalized spacial score (nSPS) is 11.8. The molecule has 0 saturated carbocycles. The van der Waals surface area contributed by atoms with E-state index in [2.05, 4.69) is 16.7 Å². The van der Waals surface area contributed by atoms with Crippen LogP contribution in [-0.4, -0.2) is 32.3 Å². The fourth-order valence-electron chi connectivity index (χ4n) is 3.52. The lowest BCUT2D eigenvalue weighted by Crippen LogP contribution is -2.31. The molecule has 0 fully saturated rings. The summed E-state index contributed by atoms with van der Waals surface area (Å²) in [7, 11) is 1.76. The first-order chi connectivity index (χ1) is 15.7. The van der Waals surface area contributed by atoms with Gasteiger partial charge in [-0.2, -0.15) is 18.3 Å². The summed E-state index contributed by atoms with van der Waals surface area (Å²) < 4.78 is 40.2. The summed E-state index contributed by atoms with van der Waals surface area (Å²) in [5.74, 6) is -0.131. The monoisotopic (exact) mass is 455 g/mol. The number of halogens is 3. The number of nitrogens with zero attached hydrogens (tertiary/aromatic N) is 4. The number of amides is 1. The van der Waals surface area contributed by atoms with Crippen LogP contribution in [-0.2, 0) is 24.6 Å². The van der Waals surface area contributed by atoms with Gasteiger partial charge in [0, 0.05) is 18.0 Å². The first-order valence-electron chi connectivity index (χ1n) is 9.92. The number of fused-ring (bicyclic) bond motifs is 3. The molecule has 2 N–H and O–H groups in total. The van der Waals surface area contributed by atoms with Crippen molar-refractivity contribution in [3.63, 3.8) is 0 Å². The van der Waals surface area contributed by atoms with Crippen molar-refractivity contribution in [2.75, 3.05) is 12.3 Å². The number of carbonyl (C=O) groups excluding carboxylic acids is 1. The largest absolute Gasteiger partial charge is 0.416 e. The summed E-state index contributed by atoms with van der Waals surface area (Å²) in [6.07, 6.45) is -1.36. The fourth-order valence-corrected chi connectivity index (χ4v) is 3.52. The summed E-state index contributed by atoms with van der Waals surface area (Å²) >= 11 is 0. The van der Waals surface area contributed by atoms with Crippen LogP contribution in [0.3, 0.4) is 0 Å². The smallest absolute Gasteiger partial charge is 0.383 e. The molecule has 0 unspecified atom stereocenters. The van der Waals surface area contributed by atoms with Crippen molar-refractivity contribution in [2.45, 2.75) is 12.7 Å². The number of hydroxylamine groups is 2. The molecule has 2 heterocycles. The molecule has 4 rings (SSSR count). The van der Waals surface area contributed by atoms with Gasteiger partial charge in [0.1, 0.15) is 5.82 Å². The molecule has 2 aromatic heterocycles. The van der Waals surface area contributed by atoms with Crippen LogP contribution < -0.4 is 5.73 Å². The summed E-state index contributed by atoms with van der Waals surface area (Å²) in [6.45, 7) is 3.57. The fraction of sp³-hybridized carbons (Fsp3) is 0.174. The minimum Gasteiger partial charge on any atom is -0.383 e. The molecule has 0 bridgehead atoms. The van der Waals surface area contributed by atoms with E-state index < -0.39 is 17.6 Å². The lowest BCUT2D eigenvalue weighted by Gasteiger charge is -2.22. The topological polar surface area (TPSA) is 86.3 Å². The van der Waals surface area contributed by atoms with Gasteiger partial charge in [-0.25, -0.2) is 10.0 Å². The molecule has 1 amide bonds. The zero-order chi connectivity index (χ0) is 23.8. The number of hydrogen-bond donors (Lipinski definition) is 1. The molecule has 0 atom stereocenters. The van der Waals surface area contributed by atoms with Gasteiger partial charge in [-0.15, -0.1) is 6.58 Å². The van der Waals surface area contributed by atoms with Crippen molar-refractivity contribution in [3.05, 3.63) is 78.0 Å². The zero-order valence-electron chi connectivity index (χ0n) is 17.6. The molecule has 0 saturated heterocycles. The average Bonchev–Trinajstić information content (AvgIpc) is 3.18. The van der Waals surface area contributed by atoms with Gasteiger partial charge >= 0.3 is 6.18 Å². The Hall–Kier alpha value is -3.92. The molecule has 33 heavy (non-hydrogen) atoms. The second-order valence-corrected chi connectivity index (χ2v) is 7.38. The first kappa shape index (κ1) is 22.3. The number of alkyl halides is 3. The second-order valence-electron chi connectivity index (χ2n) is 7.38. The third-order valence-electron chi connectivity index (χ3n) is 5.14. The quantitative estimate of drug-likeness (QED) is 0.342. The molecule has 10 heteroatoms. The number of nitrogens with two attached hydrogens (primary N) is 1. The van der Waals surface area contributed by atoms with Crippen LogP contribution in [0.2, 0.25) is 0 Å². The minimum absolute atomic E-state index is 0.0457. The highest BCUT2D eigenvalue weighted by molar-refractivity contribution is 6.10. The van der Waals surface area contributed by atoms with Crippen LogP contribution >= 0.6 is 0 Å². The predicted octanol–water partition coefficient (Wildman–Crippen LogP) is 4.48. The van der Waals surface area contributed by atoms with Gasteiger partial charge in [0.25, 0.3) is 5.91 Å².